The zero-order valence-electron chi connectivity index (χ0n) is 19.8. The molecule has 0 amide bonds. The van der Waals surface area contributed by atoms with E-state index < -0.39 is 0 Å². The molecule has 0 spiro atoms. The van der Waals surface area contributed by atoms with Gasteiger partial charge in [0.05, 0.1) is 5.70 Å². The Morgan fingerprint density at radius 2 is 1.76 bits per heavy atom. The molecule has 4 heteroatoms. The summed E-state index contributed by atoms with van der Waals surface area (Å²) < 4.78 is 0. The van der Waals surface area contributed by atoms with Gasteiger partial charge in [-0.15, -0.1) is 0 Å². The maximum atomic E-state index is 6.16. The van der Waals surface area contributed by atoms with E-state index in [0.29, 0.717) is 5.11 Å². The number of allylic oxidation sites excluding steroid dienone is 5. The third-order valence-electron chi connectivity index (χ3n) is 5.63. The number of hydrogen-bond acceptors (Lipinski definition) is 2. The SMILES string of the molecule is C=C1NC(=S)N(c2ccc(CCC)cc2)C(=C)/C1=C/C1=CC=C(c2ccccc2N)C1.CC. The first-order chi connectivity index (χ1) is 16.0. The van der Waals surface area contributed by atoms with Gasteiger partial charge < -0.3 is 11.1 Å². The molecule has 0 bridgehead atoms. The number of nitrogens with two attached hydrogens (primary N) is 1. The van der Waals surface area contributed by atoms with Crippen LogP contribution in [0.25, 0.3) is 5.57 Å². The molecular weight excluding hydrogens is 422 g/mol. The van der Waals surface area contributed by atoms with Crippen molar-refractivity contribution >= 4 is 34.3 Å². The predicted octanol–water partition coefficient (Wildman–Crippen LogP) is 7.31. The van der Waals surface area contributed by atoms with Crippen LogP contribution in [0.5, 0.6) is 0 Å². The van der Waals surface area contributed by atoms with Crippen molar-refractivity contribution in [2.75, 3.05) is 10.6 Å². The van der Waals surface area contributed by atoms with Crippen molar-refractivity contribution in [1.29, 1.82) is 0 Å². The highest BCUT2D eigenvalue weighted by molar-refractivity contribution is 7.80. The van der Waals surface area contributed by atoms with Crippen LogP contribution in [0.1, 0.15) is 44.7 Å². The Morgan fingerprint density at radius 1 is 1.06 bits per heavy atom. The molecule has 1 aliphatic carbocycles. The zero-order chi connectivity index (χ0) is 24.0. The largest absolute Gasteiger partial charge is 0.398 e. The molecule has 1 saturated heterocycles. The molecule has 1 aliphatic heterocycles. The lowest BCUT2D eigenvalue weighted by atomic mass is 9.98. The third kappa shape index (κ3) is 5.35. The summed E-state index contributed by atoms with van der Waals surface area (Å²) in [6.07, 6.45) is 9.42. The molecule has 33 heavy (non-hydrogen) atoms. The number of aryl methyl sites for hydroxylation is 1. The standard InChI is InChI=1S/C27H27N3S.C2H6/c1-4-7-20-11-14-23(15-12-20)30-19(3)25(18(2)29-27(30)31)17-21-10-13-22(16-21)24-8-5-6-9-26(24)28;1-2/h5-6,8-15,17H,2-4,7,16,28H2,1H3,(H,29,31);1-2H3/b25-17+;. The number of nitrogen functional groups attached to an aromatic ring is 1. The first kappa shape index (κ1) is 24.3. The number of anilines is 2. The van der Waals surface area contributed by atoms with Gasteiger partial charge in [-0.05, 0) is 66.0 Å². The van der Waals surface area contributed by atoms with Gasteiger partial charge in [0.25, 0.3) is 0 Å². The lowest BCUT2D eigenvalue weighted by molar-refractivity contribution is 0.921. The number of nitrogens with one attached hydrogen (secondary N) is 1. The number of benzene rings is 2. The highest BCUT2D eigenvalue weighted by Gasteiger charge is 2.27. The third-order valence-corrected chi connectivity index (χ3v) is 5.91. The highest BCUT2D eigenvalue weighted by Crippen LogP contribution is 2.35. The monoisotopic (exact) mass is 455 g/mol. The molecule has 2 aromatic rings. The van der Waals surface area contributed by atoms with E-state index in [0.717, 1.165) is 53.2 Å². The topological polar surface area (TPSA) is 41.3 Å². The van der Waals surface area contributed by atoms with Crippen LogP contribution < -0.4 is 16.0 Å². The van der Waals surface area contributed by atoms with Gasteiger partial charge in [0.2, 0.25) is 0 Å². The summed E-state index contributed by atoms with van der Waals surface area (Å²) in [6, 6.07) is 16.5. The average molecular weight is 456 g/mol. The number of rotatable bonds is 5. The minimum absolute atomic E-state index is 0.590. The number of hydrogen-bond donors (Lipinski definition) is 2. The van der Waals surface area contributed by atoms with Crippen molar-refractivity contribution < 1.29 is 0 Å². The normalized spacial score (nSPS) is 16.8. The molecule has 0 radical (unpaired) electrons. The van der Waals surface area contributed by atoms with E-state index in [4.69, 9.17) is 18.0 Å². The van der Waals surface area contributed by atoms with Gasteiger partial charge in [-0.2, -0.15) is 0 Å². The molecule has 3 nitrogen and oxygen atoms in total. The lowest BCUT2D eigenvalue weighted by Gasteiger charge is -2.35. The maximum Gasteiger partial charge on any atom is 0.182 e. The minimum atomic E-state index is 0.590. The van der Waals surface area contributed by atoms with Gasteiger partial charge in [-0.1, -0.05) is 82.8 Å². The summed E-state index contributed by atoms with van der Waals surface area (Å²) in [7, 11) is 0. The Labute approximate surface area is 203 Å². The molecule has 0 aromatic heterocycles. The Bertz CT molecular complexity index is 1150. The smallest absolute Gasteiger partial charge is 0.182 e. The van der Waals surface area contributed by atoms with E-state index in [9.17, 15) is 0 Å². The average Bonchev–Trinajstić information content (AvgIpc) is 3.28. The molecule has 170 valence electrons. The molecule has 0 unspecified atom stereocenters. The molecule has 1 heterocycles. The van der Waals surface area contributed by atoms with Crippen molar-refractivity contribution in [1.82, 2.24) is 5.32 Å². The first-order valence-corrected chi connectivity index (χ1v) is 11.9. The zero-order valence-corrected chi connectivity index (χ0v) is 20.6. The Kier molecular flexibility index (Phi) is 8.07. The van der Waals surface area contributed by atoms with Crippen molar-refractivity contribution in [3.05, 3.63) is 114 Å². The molecule has 2 aromatic carbocycles. The van der Waals surface area contributed by atoms with Crippen LogP contribution in [0.3, 0.4) is 0 Å². The second kappa shape index (κ2) is 11.0. The van der Waals surface area contributed by atoms with Crippen molar-refractivity contribution in [2.24, 2.45) is 0 Å². The van der Waals surface area contributed by atoms with Crippen LogP contribution in [0, 0.1) is 0 Å². The van der Waals surface area contributed by atoms with E-state index in [2.05, 4.69) is 74.0 Å². The van der Waals surface area contributed by atoms with Crippen LogP contribution in [-0.2, 0) is 6.42 Å². The number of thiocarbonyl (C=S) groups is 1. The van der Waals surface area contributed by atoms with Crippen molar-refractivity contribution in [3.8, 4) is 0 Å². The van der Waals surface area contributed by atoms with Crippen LogP contribution >= 0.6 is 12.2 Å². The fraction of sp³-hybridized carbons (Fsp3) is 0.207. The van der Waals surface area contributed by atoms with E-state index in [1.54, 1.807) is 0 Å². The fourth-order valence-electron chi connectivity index (χ4n) is 4.02. The molecular formula is C29H33N3S. The number of para-hydroxylation sites is 1. The fourth-order valence-corrected chi connectivity index (χ4v) is 4.36. The Balaban J connectivity index is 0.00000149. The second-order valence-electron chi connectivity index (χ2n) is 7.86. The molecule has 4 rings (SSSR count). The maximum absolute atomic E-state index is 6.16. The molecule has 3 N–H and O–H groups in total. The van der Waals surface area contributed by atoms with E-state index in [-0.39, 0.29) is 0 Å². The number of nitrogens with zero attached hydrogens (tertiary/aromatic N) is 1. The van der Waals surface area contributed by atoms with Crippen LogP contribution in [0.2, 0.25) is 0 Å². The summed E-state index contributed by atoms with van der Waals surface area (Å²) in [4.78, 5) is 1.98. The Hall–Kier alpha value is -3.37. The molecule has 2 aliphatic rings. The van der Waals surface area contributed by atoms with Crippen LogP contribution in [0.15, 0.2) is 102 Å². The summed E-state index contributed by atoms with van der Waals surface area (Å²) >= 11 is 5.61. The Morgan fingerprint density at radius 3 is 2.42 bits per heavy atom. The van der Waals surface area contributed by atoms with Gasteiger partial charge in [-0.3, -0.25) is 4.90 Å². The molecule has 0 saturated carbocycles. The van der Waals surface area contributed by atoms with Gasteiger partial charge in [0.15, 0.2) is 5.11 Å². The highest BCUT2D eigenvalue weighted by atomic mass is 32.1. The van der Waals surface area contributed by atoms with Crippen LogP contribution in [0.4, 0.5) is 11.4 Å². The van der Waals surface area contributed by atoms with Crippen LogP contribution in [-0.4, -0.2) is 5.11 Å². The van der Waals surface area contributed by atoms with Gasteiger partial charge >= 0.3 is 0 Å². The predicted molar refractivity (Wildman–Crippen MR) is 148 cm³/mol. The van der Waals surface area contributed by atoms with E-state index in [1.165, 1.54) is 16.7 Å². The van der Waals surface area contributed by atoms with Crippen molar-refractivity contribution in [2.45, 2.75) is 40.0 Å². The van der Waals surface area contributed by atoms with E-state index in [1.807, 2.05) is 36.9 Å². The summed E-state index contributed by atoms with van der Waals surface area (Å²) in [6.45, 7) is 14.7. The van der Waals surface area contributed by atoms with Gasteiger partial charge in [0, 0.05) is 28.2 Å². The first-order valence-electron chi connectivity index (χ1n) is 11.5. The lowest BCUT2D eigenvalue weighted by Crippen LogP contribution is -2.44. The second-order valence-corrected chi connectivity index (χ2v) is 8.25. The quantitative estimate of drug-likeness (QED) is 0.366. The van der Waals surface area contributed by atoms with Gasteiger partial charge in [0.1, 0.15) is 0 Å². The van der Waals surface area contributed by atoms with Gasteiger partial charge in [-0.25, -0.2) is 0 Å². The van der Waals surface area contributed by atoms with Crippen molar-refractivity contribution in [3.63, 3.8) is 0 Å². The summed E-state index contributed by atoms with van der Waals surface area (Å²) in [5, 5.41) is 3.83. The minimum Gasteiger partial charge on any atom is -0.398 e. The molecule has 1 fully saturated rings. The molecule has 0 atom stereocenters. The van der Waals surface area contributed by atoms with E-state index >= 15 is 0 Å². The summed E-state index contributed by atoms with van der Waals surface area (Å²) in [5.74, 6) is 0. The summed E-state index contributed by atoms with van der Waals surface area (Å²) in [5.41, 5.74) is 15.3.